The Bertz CT molecular complexity index is 161. The Morgan fingerprint density at radius 1 is 1.36 bits per heavy atom. The number of nitrogens with one attached hydrogen (secondary N) is 1. The third-order valence-electron chi connectivity index (χ3n) is 3.38. The van der Waals surface area contributed by atoms with E-state index >= 15 is 0 Å². The molecule has 0 aromatic rings. The lowest BCUT2D eigenvalue weighted by atomic mass is 9.83. The normalized spacial score (nSPS) is 41.2. The van der Waals surface area contributed by atoms with Gasteiger partial charge in [-0.15, -0.1) is 0 Å². The van der Waals surface area contributed by atoms with Gasteiger partial charge >= 0.3 is 0 Å². The van der Waals surface area contributed by atoms with E-state index in [1.165, 1.54) is 19.4 Å². The minimum Gasteiger partial charge on any atom is -0.310 e. The second kappa shape index (κ2) is 2.40. The van der Waals surface area contributed by atoms with Crippen LogP contribution in [0.2, 0.25) is 0 Å². The Balaban J connectivity index is 0.000000605. The summed E-state index contributed by atoms with van der Waals surface area (Å²) < 4.78 is 0. The van der Waals surface area contributed by atoms with Gasteiger partial charge in [0.2, 0.25) is 0 Å². The molecular weight excluding hydrogens is 154 g/mol. The number of fused-ring (bicyclic) bond motifs is 1. The van der Waals surface area contributed by atoms with Crippen LogP contribution in [-0.2, 0) is 0 Å². The van der Waals surface area contributed by atoms with Gasteiger partial charge in [0.25, 0.3) is 0 Å². The lowest BCUT2D eigenvalue weighted by molar-refractivity contribution is 0.258. The molecule has 1 saturated carbocycles. The van der Waals surface area contributed by atoms with Crippen molar-refractivity contribution in [3.63, 3.8) is 0 Å². The minimum atomic E-state index is 0. The summed E-state index contributed by atoms with van der Waals surface area (Å²) in [6.45, 7) is 8.31. The molecule has 2 heteroatoms. The Kier molecular flexibility index (Phi) is 2.05. The van der Waals surface area contributed by atoms with E-state index in [4.69, 9.17) is 0 Å². The minimum absolute atomic E-state index is 0. The number of hydrogen-bond acceptors (Lipinski definition) is 1. The second-order valence-electron chi connectivity index (χ2n) is 4.84. The first-order valence-corrected chi connectivity index (χ1v) is 4.31. The van der Waals surface area contributed by atoms with Crippen molar-refractivity contribution >= 4 is 13.5 Å². The average Bonchev–Trinajstić information content (AvgIpc) is 2.36. The summed E-state index contributed by atoms with van der Waals surface area (Å²) in [5, 5.41) is 3.65. The zero-order valence-corrected chi connectivity index (χ0v) is 8.70. The average molecular weight is 173 g/mol. The van der Waals surface area contributed by atoms with Gasteiger partial charge in [-0.25, -0.2) is 0 Å². The number of rotatable bonds is 0. The van der Waals surface area contributed by atoms with Crippen LogP contribution in [0.1, 0.15) is 33.6 Å². The molecule has 1 aliphatic heterocycles. The highest BCUT2D eigenvalue weighted by Crippen LogP contribution is 2.59. The zero-order chi connectivity index (χ0) is 7.41. The fraction of sp³-hybridized carbons (Fsp3) is 1.00. The van der Waals surface area contributed by atoms with E-state index in [2.05, 4.69) is 26.1 Å². The van der Waals surface area contributed by atoms with Gasteiger partial charge in [-0.1, -0.05) is 20.8 Å². The molecule has 1 saturated heterocycles. The first-order valence-electron chi connectivity index (χ1n) is 4.31. The van der Waals surface area contributed by atoms with Crippen LogP contribution in [0.25, 0.3) is 0 Å². The summed E-state index contributed by atoms with van der Waals surface area (Å²) in [4.78, 5) is 0. The fourth-order valence-corrected chi connectivity index (χ4v) is 2.55. The van der Waals surface area contributed by atoms with E-state index in [1.807, 2.05) is 0 Å². The van der Waals surface area contributed by atoms with Crippen LogP contribution < -0.4 is 5.32 Å². The maximum Gasteiger partial charge on any atom is 0.0262 e. The van der Waals surface area contributed by atoms with Crippen molar-refractivity contribution in [1.29, 1.82) is 0 Å². The molecule has 2 aliphatic rings. The molecule has 1 N–H and O–H groups in total. The van der Waals surface area contributed by atoms with Crippen LogP contribution in [0.4, 0.5) is 0 Å². The van der Waals surface area contributed by atoms with Crippen LogP contribution in [0, 0.1) is 11.3 Å². The smallest absolute Gasteiger partial charge is 0.0262 e. The largest absolute Gasteiger partial charge is 0.310 e. The molecule has 2 rings (SSSR count). The molecule has 0 radical (unpaired) electrons. The summed E-state index contributed by atoms with van der Waals surface area (Å²) in [5.74, 6) is 1.01. The highest BCUT2D eigenvalue weighted by Gasteiger charge is 2.62. The predicted octanol–water partition coefficient (Wildman–Crippen LogP) is 1.90. The maximum atomic E-state index is 3.65. The summed E-state index contributed by atoms with van der Waals surface area (Å²) >= 11 is 0. The summed E-state index contributed by atoms with van der Waals surface area (Å²) in [6, 6.07) is 0. The first kappa shape index (κ1) is 9.40. The van der Waals surface area contributed by atoms with Crippen LogP contribution >= 0.6 is 13.5 Å². The number of piperidine rings is 1. The van der Waals surface area contributed by atoms with Crippen molar-refractivity contribution in [3.8, 4) is 0 Å². The van der Waals surface area contributed by atoms with Crippen LogP contribution in [0.15, 0.2) is 0 Å². The maximum absolute atomic E-state index is 3.65. The van der Waals surface area contributed by atoms with E-state index < -0.39 is 0 Å². The van der Waals surface area contributed by atoms with E-state index in [0.29, 0.717) is 11.0 Å². The van der Waals surface area contributed by atoms with Gasteiger partial charge in [-0.2, -0.15) is 13.5 Å². The van der Waals surface area contributed by atoms with Crippen molar-refractivity contribution in [2.45, 2.75) is 39.2 Å². The molecule has 1 heterocycles. The van der Waals surface area contributed by atoms with Crippen molar-refractivity contribution in [1.82, 2.24) is 5.32 Å². The standard InChI is InChI=1S/C9H17N.H2S/c1-8(2,3)9-6-7(9)4-5-10-9;/h7,10H,4-6H2,1-3H3;1H2/t7-,9+;/m1./s1. The summed E-state index contributed by atoms with van der Waals surface area (Å²) in [7, 11) is 0. The quantitative estimate of drug-likeness (QED) is 0.590. The van der Waals surface area contributed by atoms with Gasteiger partial charge in [-0.3, -0.25) is 0 Å². The Morgan fingerprint density at radius 3 is 2.18 bits per heavy atom. The lowest BCUT2D eigenvalue weighted by Crippen LogP contribution is -2.40. The highest BCUT2D eigenvalue weighted by molar-refractivity contribution is 7.59. The van der Waals surface area contributed by atoms with Crippen LogP contribution in [0.3, 0.4) is 0 Å². The molecule has 66 valence electrons. The summed E-state index contributed by atoms with van der Waals surface area (Å²) in [6.07, 6.45) is 2.84. The molecule has 0 unspecified atom stereocenters. The fourth-order valence-electron chi connectivity index (χ4n) is 2.55. The SMILES string of the molecule is CC(C)(C)[C@]12C[C@H]1CCN2.S. The molecule has 0 bridgehead atoms. The molecule has 0 spiro atoms. The predicted molar refractivity (Wildman–Crippen MR) is 53.3 cm³/mol. The Morgan fingerprint density at radius 2 is 2.00 bits per heavy atom. The Labute approximate surface area is 76.4 Å². The van der Waals surface area contributed by atoms with Gasteiger partial charge < -0.3 is 5.32 Å². The van der Waals surface area contributed by atoms with Crippen molar-refractivity contribution in [2.24, 2.45) is 11.3 Å². The van der Waals surface area contributed by atoms with Gasteiger partial charge in [0, 0.05) is 5.54 Å². The highest BCUT2D eigenvalue weighted by atomic mass is 32.1. The monoisotopic (exact) mass is 173 g/mol. The Hall–Kier alpha value is 0.310. The third kappa shape index (κ3) is 1.11. The molecule has 2 fully saturated rings. The van der Waals surface area contributed by atoms with Crippen molar-refractivity contribution < 1.29 is 0 Å². The molecule has 0 aromatic heterocycles. The molecule has 1 nitrogen and oxygen atoms in total. The third-order valence-corrected chi connectivity index (χ3v) is 3.38. The van der Waals surface area contributed by atoms with Gasteiger partial charge in [0.05, 0.1) is 0 Å². The van der Waals surface area contributed by atoms with Crippen LogP contribution in [-0.4, -0.2) is 12.1 Å². The lowest BCUT2D eigenvalue weighted by Gasteiger charge is -2.30. The molecular formula is C9H19NS. The molecule has 0 amide bonds. The number of hydrogen-bond donors (Lipinski definition) is 1. The van der Waals surface area contributed by atoms with E-state index in [1.54, 1.807) is 0 Å². The zero-order valence-electron chi connectivity index (χ0n) is 7.70. The van der Waals surface area contributed by atoms with E-state index in [9.17, 15) is 0 Å². The van der Waals surface area contributed by atoms with Gasteiger partial charge in [0.1, 0.15) is 0 Å². The second-order valence-corrected chi connectivity index (χ2v) is 4.84. The van der Waals surface area contributed by atoms with E-state index in [-0.39, 0.29) is 13.5 Å². The molecule has 11 heavy (non-hydrogen) atoms. The van der Waals surface area contributed by atoms with Crippen LogP contribution in [0.5, 0.6) is 0 Å². The first-order chi connectivity index (χ1) is 4.56. The van der Waals surface area contributed by atoms with E-state index in [0.717, 1.165) is 5.92 Å². The molecule has 0 aromatic carbocycles. The van der Waals surface area contributed by atoms with Gasteiger partial charge in [-0.05, 0) is 30.7 Å². The topological polar surface area (TPSA) is 12.0 Å². The van der Waals surface area contributed by atoms with Crippen molar-refractivity contribution in [2.75, 3.05) is 6.54 Å². The summed E-state index contributed by atoms with van der Waals surface area (Å²) in [5.41, 5.74) is 1.03. The molecule has 2 atom stereocenters. The van der Waals surface area contributed by atoms with Gasteiger partial charge in [0.15, 0.2) is 0 Å². The van der Waals surface area contributed by atoms with Crippen molar-refractivity contribution in [3.05, 3.63) is 0 Å². The molecule has 1 aliphatic carbocycles.